The molecular weight excluding hydrogens is 1360 g/mol. The summed E-state index contributed by atoms with van der Waals surface area (Å²) in [5.74, 6) is 2.60. The third-order valence-electron chi connectivity index (χ3n) is 21.1. The maximum absolute atomic E-state index is 5.34. The van der Waals surface area contributed by atoms with Crippen molar-refractivity contribution < 1.29 is 0 Å². The second-order valence-electron chi connectivity index (χ2n) is 27.9. The van der Waals surface area contributed by atoms with Crippen LogP contribution in [0.3, 0.4) is 0 Å². The van der Waals surface area contributed by atoms with Gasteiger partial charge in [0.25, 0.3) is 0 Å². The highest BCUT2D eigenvalue weighted by atomic mass is 15.0. The van der Waals surface area contributed by atoms with Gasteiger partial charge >= 0.3 is 0 Å². The monoisotopic (exact) mass is 1430 g/mol. The van der Waals surface area contributed by atoms with Gasteiger partial charge in [-0.15, -0.1) is 0 Å². The number of rotatable bonds is 13. The van der Waals surface area contributed by atoms with Crippen molar-refractivity contribution >= 4 is 65.4 Å². The number of fused-ring (bicyclic) bond motifs is 10. The van der Waals surface area contributed by atoms with E-state index < -0.39 is 0 Å². The first-order chi connectivity index (χ1) is 55.5. The Morgan fingerprint density at radius 3 is 0.759 bits per heavy atom. The smallest absolute Gasteiger partial charge is 0.164 e. The largest absolute Gasteiger partial charge is 0.307 e. The zero-order valence-corrected chi connectivity index (χ0v) is 60.7. The number of benzene rings is 15. The van der Waals surface area contributed by atoms with Gasteiger partial charge in [-0.1, -0.05) is 352 Å². The Kier molecular flexibility index (Phi) is 17.1. The van der Waals surface area contributed by atoms with Crippen LogP contribution in [0.2, 0.25) is 0 Å². The van der Waals surface area contributed by atoms with Gasteiger partial charge in [-0.25, -0.2) is 34.9 Å². The highest BCUT2D eigenvalue weighted by molar-refractivity contribution is 6.25. The Bertz CT molecular complexity index is 6960. The van der Waals surface area contributed by atoms with E-state index >= 15 is 0 Å². The summed E-state index contributed by atoms with van der Waals surface area (Å²) < 4.78 is 4.73. The van der Waals surface area contributed by atoms with Gasteiger partial charge in [-0.3, -0.25) is 0 Å². The summed E-state index contributed by atoms with van der Waals surface area (Å²) in [5, 5.41) is 7.17. The third-order valence-corrected chi connectivity index (χ3v) is 21.1. The van der Waals surface area contributed by atoms with Gasteiger partial charge in [0.1, 0.15) is 0 Å². The fraction of sp³-hybridized carbons (Fsp3) is 0. The van der Waals surface area contributed by atoms with Crippen LogP contribution in [0.25, 0.3) is 201 Å². The molecule has 21 aromatic rings. The van der Waals surface area contributed by atoms with Crippen molar-refractivity contribution in [1.82, 2.24) is 44.0 Å². The van der Waals surface area contributed by atoms with Gasteiger partial charge in [0.15, 0.2) is 23.3 Å². The summed E-state index contributed by atoms with van der Waals surface area (Å²) in [6.45, 7) is 0. The van der Waals surface area contributed by atoms with Crippen molar-refractivity contribution in [2.24, 2.45) is 0 Å². The van der Waals surface area contributed by atoms with Crippen LogP contribution in [-0.4, -0.2) is 44.0 Å². The van der Waals surface area contributed by atoms with Crippen molar-refractivity contribution in [1.29, 1.82) is 0 Å². The van der Waals surface area contributed by atoms with Crippen LogP contribution < -0.4 is 0 Å². The molecule has 9 heteroatoms. The number of pyridine rings is 2. The third kappa shape index (κ3) is 12.5. The number of nitrogens with zero attached hydrogens (tertiary/aromatic N) is 9. The van der Waals surface area contributed by atoms with Crippen LogP contribution in [0.4, 0.5) is 0 Å². The molecule has 0 bridgehead atoms. The first kappa shape index (κ1) is 66.3. The van der Waals surface area contributed by atoms with E-state index in [4.69, 9.17) is 34.9 Å². The van der Waals surface area contributed by atoms with Gasteiger partial charge in [0.2, 0.25) is 0 Å². The average molecular weight is 1430 g/mol. The second-order valence-corrected chi connectivity index (χ2v) is 27.9. The van der Waals surface area contributed by atoms with Crippen molar-refractivity contribution in [3.63, 3.8) is 0 Å². The molecule has 0 aliphatic heterocycles. The van der Waals surface area contributed by atoms with Crippen LogP contribution in [0, 0.1) is 0 Å². The molecule has 0 spiro atoms. The molecule has 0 aliphatic carbocycles. The first-order valence-electron chi connectivity index (χ1n) is 37.7. The molecule has 0 atom stereocenters. The maximum Gasteiger partial charge on any atom is 0.164 e. The summed E-state index contributed by atoms with van der Waals surface area (Å²) >= 11 is 0. The normalized spacial score (nSPS) is 11.4. The van der Waals surface area contributed by atoms with Crippen LogP contribution in [-0.2, 0) is 0 Å². The molecule has 0 fully saturated rings. The molecule has 6 heterocycles. The summed E-state index contributed by atoms with van der Waals surface area (Å²) in [6.07, 6.45) is 0. The molecule has 9 nitrogen and oxygen atoms in total. The summed E-state index contributed by atoms with van der Waals surface area (Å²) in [6, 6.07) is 142. The number of aromatic nitrogens is 9. The lowest BCUT2D eigenvalue weighted by molar-refractivity contribution is 1.07. The number of hydrogen-bond donors (Lipinski definition) is 0. The number of hydrogen-bond acceptors (Lipinski definition) is 7. The Morgan fingerprint density at radius 1 is 0.170 bits per heavy atom. The molecule has 0 N–H and O–H groups in total. The molecule has 0 saturated heterocycles. The van der Waals surface area contributed by atoms with E-state index in [9.17, 15) is 0 Å². The molecule has 15 aromatic carbocycles. The Balaban J connectivity index is 0.000000147. The first-order valence-corrected chi connectivity index (χ1v) is 37.7. The summed E-state index contributed by atoms with van der Waals surface area (Å²) in [5.41, 5.74) is 27.2. The van der Waals surface area contributed by atoms with Crippen molar-refractivity contribution in [2.45, 2.75) is 0 Å². The van der Waals surface area contributed by atoms with E-state index in [1.807, 2.05) is 72.8 Å². The molecule has 0 aliphatic rings. The minimum absolute atomic E-state index is 0.628. The van der Waals surface area contributed by atoms with Crippen LogP contribution in [0.1, 0.15) is 0 Å². The Hall–Kier alpha value is -15.2. The molecule has 0 amide bonds. The lowest BCUT2D eigenvalue weighted by atomic mass is 9.99. The molecule has 0 saturated carbocycles. The minimum atomic E-state index is 0.628. The standard InChI is InChI=1S/C54H35N5.C49H32N4/c1-4-14-36(15-5-1)37-26-32-42(33-27-37)53-56-52(41-16-6-2-7-17-41)57-54(58-53)43-34-28-39(29-35-43)38-24-30-40(31-25-38)50-51-49(45-20-10-12-22-47(45)55-50)46-21-11-13-23-48(46)59(51)44-18-8-3-9-19-44;1-4-14-35(15-5-1)43-32-44(36-16-6-2-7-17-36)52-49(51-43)38-30-26-34(27-31-38)33-24-28-37(29-25-33)47-48-46(40-20-10-12-22-42(40)50-47)41-21-11-13-23-45(41)53(48)39-18-8-3-9-19-39/h1-35H;1-32H. The van der Waals surface area contributed by atoms with E-state index in [0.29, 0.717) is 23.3 Å². The van der Waals surface area contributed by atoms with Crippen LogP contribution in [0.5, 0.6) is 0 Å². The van der Waals surface area contributed by atoms with Gasteiger partial charge in [-0.05, 0) is 88.0 Å². The molecule has 6 aromatic heterocycles. The predicted molar refractivity (Wildman–Crippen MR) is 461 cm³/mol. The predicted octanol–water partition coefficient (Wildman–Crippen LogP) is 26.0. The highest BCUT2D eigenvalue weighted by Gasteiger charge is 2.24. The van der Waals surface area contributed by atoms with E-state index in [1.165, 1.54) is 32.6 Å². The lowest BCUT2D eigenvalue weighted by Gasteiger charge is -2.13. The van der Waals surface area contributed by atoms with Gasteiger partial charge in [-0.2, -0.15) is 0 Å². The van der Waals surface area contributed by atoms with E-state index in [1.54, 1.807) is 0 Å². The zero-order valence-electron chi connectivity index (χ0n) is 60.7. The molecule has 0 radical (unpaired) electrons. The SMILES string of the molecule is c1ccc(-c2cc(-c3ccccc3)nc(-c3ccc(-c4ccc(-c5nc6ccccc6c6c7ccccc7n(-c7ccccc7)c56)cc4)cc3)n2)cc1.c1ccc(-c2ccc(-c3nc(-c4ccccc4)nc(-c4ccc(-c5ccc(-c6nc7ccccc7c7c8ccccc8n(-c8ccccc8)c67)cc5)cc4)n3)cc2)cc1. The van der Waals surface area contributed by atoms with Crippen molar-refractivity contribution in [3.05, 3.63) is 406 Å². The summed E-state index contributed by atoms with van der Waals surface area (Å²) in [7, 11) is 0. The molecular formula is C103H67N9. The lowest BCUT2D eigenvalue weighted by Crippen LogP contribution is -2.00. The molecule has 0 unspecified atom stereocenters. The fourth-order valence-corrected chi connectivity index (χ4v) is 15.6. The van der Waals surface area contributed by atoms with Crippen LogP contribution in [0.15, 0.2) is 406 Å². The number of para-hydroxylation sites is 6. The van der Waals surface area contributed by atoms with Gasteiger partial charge < -0.3 is 9.13 Å². The van der Waals surface area contributed by atoms with Gasteiger partial charge in [0.05, 0.1) is 55.9 Å². The second kappa shape index (κ2) is 28.8. The fourth-order valence-electron chi connectivity index (χ4n) is 15.6. The Morgan fingerprint density at radius 2 is 0.411 bits per heavy atom. The topological polar surface area (TPSA) is 100 Å². The maximum atomic E-state index is 5.34. The van der Waals surface area contributed by atoms with Crippen molar-refractivity contribution in [2.75, 3.05) is 0 Å². The molecule has 21 rings (SSSR count). The zero-order chi connectivity index (χ0) is 74.3. The van der Waals surface area contributed by atoms with E-state index in [2.05, 4.69) is 343 Å². The van der Waals surface area contributed by atoms with E-state index in [-0.39, 0.29) is 0 Å². The summed E-state index contributed by atoms with van der Waals surface area (Å²) in [4.78, 5) is 35.6. The quantitative estimate of drug-likeness (QED) is 0.113. The van der Waals surface area contributed by atoms with Crippen molar-refractivity contribution in [3.8, 4) is 135 Å². The van der Waals surface area contributed by atoms with Crippen LogP contribution >= 0.6 is 0 Å². The molecule has 112 heavy (non-hydrogen) atoms. The minimum Gasteiger partial charge on any atom is -0.307 e. The van der Waals surface area contributed by atoms with E-state index in [0.717, 1.165) is 145 Å². The average Bonchev–Trinajstić information content (AvgIpc) is 1.55. The Labute approximate surface area is 647 Å². The highest BCUT2D eigenvalue weighted by Crippen LogP contribution is 2.44. The molecule has 524 valence electrons. The van der Waals surface area contributed by atoms with Gasteiger partial charge in [0, 0.05) is 88.2 Å².